The first-order valence-electron chi connectivity index (χ1n) is 37.4. The van der Waals surface area contributed by atoms with E-state index in [0.717, 1.165) is 94.7 Å². The van der Waals surface area contributed by atoms with Gasteiger partial charge in [0.15, 0.2) is 5.75 Å². The van der Waals surface area contributed by atoms with Crippen LogP contribution >= 0.6 is 58.0 Å². The van der Waals surface area contributed by atoms with Crippen molar-refractivity contribution in [1.82, 2.24) is 29.7 Å². The lowest BCUT2D eigenvalue weighted by Gasteiger charge is -2.35. The molecule has 3 aliphatic rings. The fraction of sp³-hybridized carbons (Fsp3) is 0.284. The summed E-state index contributed by atoms with van der Waals surface area (Å²) >= 11 is 31.2. The first kappa shape index (κ1) is 82.0. The van der Waals surface area contributed by atoms with Gasteiger partial charge in [-0.25, -0.2) is 14.4 Å². The number of nitrogens with one attached hydrogen (secondary N) is 3. The maximum Gasteiger partial charge on any atom is 0.416 e. The number of carbonyl (C=O) groups excluding carboxylic acids is 3. The summed E-state index contributed by atoms with van der Waals surface area (Å²) in [5, 5.41) is 6.19. The molecular weight excluding hydrogens is 1560 g/mol. The van der Waals surface area contributed by atoms with Gasteiger partial charge in [0.1, 0.15) is 66.7 Å². The molecule has 3 aliphatic heterocycles. The van der Waals surface area contributed by atoms with Gasteiger partial charge in [-0.1, -0.05) is 124 Å². The fourth-order valence-electron chi connectivity index (χ4n) is 14.1. The highest BCUT2D eigenvalue weighted by molar-refractivity contribution is 6.33. The van der Waals surface area contributed by atoms with Crippen molar-refractivity contribution in [1.29, 1.82) is 0 Å². The van der Waals surface area contributed by atoms with Crippen LogP contribution in [0.25, 0.3) is 32.7 Å². The van der Waals surface area contributed by atoms with Gasteiger partial charge in [-0.3, -0.25) is 14.7 Å². The van der Waals surface area contributed by atoms with Crippen molar-refractivity contribution in [3.05, 3.63) is 281 Å². The Bertz CT molecular complexity index is 4990. The third-order valence-corrected chi connectivity index (χ3v) is 20.9. The Balaban J connectivity index is 0.000000149. The number of para-hydroxylation sites is 1. The molecule has 594 valence electrons. The molecule has 114 heavy (non-hydrogen) atoms. The number of aromatic amines is 3. The Morgan fingerprint density at radius 3 is 1.00 bits per heavy atom. The minimum atomic E-state index is -0.473. The average Bonchev–Trinajstić information content (AvgIpc) is 1.60. The quantitative estimate of drug-likeness (QED) is 0.0408. The molecule has 3 aromatic heterocycles. The van der Waals surface area contributed by atoms with Gasteiger partial charge in [0.2, 0.25) is 0 Å². The predicted octanol–water partition coefficient (Wildman–Crippen LogP) is 19.6. The van der Waals surface area contributed by atoms with E-state index in [0.29, 0.717) is 166 Å². The maximum atomic E-state index is 13.5. The number of hydrogen-bond acceptors (Lipinski definition) is 15. The number of halogens is 5. The van der Waals surface area contributed by atoms with Gasteiger partial charge in [-0.2, -0.15) is 0 Å². The van der Waals surface area contributed by atoms with Crippen molar-refractivity contribution in [2.45, 2.75) is 44.3 Å². The number of methoxy groups -OCH3 is 3. The lowest BCUT2D eigenvalue weighted by Crippen LogP contribution is -2.42. The second-order valence-electron chi connectivity index (χ2n) is 27.0. The first-order valence-corrected chi connectivity index (χ1v) is 39.3. The van der Waals surface area contributed by atoms with E-state index in [-0.39, 0.29) is 12.1 Å². The molecule has 15 rings (SSSR count). The largest absolute Gasteiger partial charge is 0.491 e. The van der Waals surface area contributed by atoms with E-state index in [1.807, 2.05) is 159 Å². The fourth-order valence-corrected chi connectivity index (χ4v) is 15.0. The van der Waals surface area contributed by atoms with Crippen LogP contribution in [0.1, 0.15) is 74.2 Å². The predicted molar refractivity (Wildman–Crippen MR) is 443 cm³/mol. The first-order chi connectivity index (χ1) is 55.6. The molecule has 0 saturated heterocycles. The van der Waals surface area contributed by atoms with Crippen LogP contribution in [0.5, 0.6) is 34.5 Å². The number of aromatic nitrogens is 3. The van der Waals surface area contributed by atoms with E-state index in [9.17, 15) is 14.4 Å². The number of benzene rings is 9. The summed E-state index contributed by atoms with van der Waals surface area (Å²) in [5.74, 6) is 3.45. The van der Waals surface area contributed by atoms with Gasteiger partial charge >= 0.3 is 18.3 Å². The molecule has 3 N–H and O–H groups in total. The lowest BCUT2D eigenvalue weighted by atomic mass is 9.92. The van der Waals surface area contributed by atoms with Crippen LogP contribution in [0.15, 0.2) is 200 Å². The zero-order valence-electron chi connectivity index (χ0n) is 63.4. The number of amides is 3. The normalized spacial score (nSPS) is 14.9. The van der Waals surface area contributed by atoms with Crippen LogP contribution in [0.3, 0.4) is 0 Å². The second kappa shape index (κ2) is 39.9. The van der Waals surface area contributed by atoms with Crippen LogP contribution < -0.4 is 28.4 Å². The van der Waals surface area contributed by atoms with Gasteiger partial charge in [-0.15, -0.1) is 0 Å². The van der Waals surface area contributed by atoms with E-state index in [1.165, 1.54) is 5.56 Å². The molecule has 0 fully saturated rings. The van der Waals surface area contributed by atoms with Crippen LogP contribution in [0, 0.1) is 6.92 Å². The number of nitrogens with zero attached hydrogens (tertiary/aromatic N) is 3. The monoisotopic (exact) mass is 1640 g/mol. The lowest BCUT2D eigenvalue weighted by molar-refractivity contribution is 0.0544. The van der Waals surface area contributed by atoms with Crippen LogP contribution in [-0.2, 0) is 47.7 Å². The van der Waals surface area contributed by atoms with E-state index in [2.05, 4.69) is 15.0 Å². The third kappa shape index (κ3) is 20.6. The molecule has 0 spiro atoms. The molecule has 3 amide bonds. The van der Waals surface area contributed by atoms with Gasteiger partial charge in [0, 0.05) is 111 Å². The van der Waals surface area contributed by atoms with Crippen molar-refractivity contribution in [3.63, 3.8) is 0 Å². The maximum absolute atomic E-state index is 13.5. The Labute approximate surface area is 685 Å². The standard InChI is InChI=1S/C30H31ClN2O5.2C29H28Cl2N2O5/c1-20-3-8-24(9-4-20)38-30(34)33-14-13-25-26-19-22(31)7-12-27(26)32-28(25)29(33)21-5-10-23(11-6-21)37-18-17-36-16-15-35-2;1-35-14-15-36-16-17-37-22-7-2-19(3-8-22)28-27-24(25-18-21(31)6-11-26(25)32-27)12-13-33(28)29(34)38-23-9-4-20(30)5-10-23;1-35-14-15-36-16-17-37-21-9-6-19(7-10-21)28-27-22(23-18-20(30)8-11-25(23)32-27)12-13-33(28)29(34)38-26-5-3-2-4-24(26)31/h3-12,19,29,32H,13-18H2,1-2H3;2*2-11,18,28,32H,12-17H2,1H3. The zero-order valence-corrected chi connectivity index (χ0v) is 67.1. The highest BCUT2D eigenvalue weighted by atomic mass is 35.5. The summed E-state index contributed by atoms with van der Waals surface area (Å²) in [6.45, 7) is 9.43. The van der Waals surface area contributed by atoms with E-state index in [1.54, 1.807) is 84.6 Å². The SMILES string of the molecule is COCCOCCOc1ccc(C2c3[nH]c4ccc(Cl)cc4c3CCN2C(=O)Oc2ccc(C)cc2)cc1.COCCOCCOc1ccc(C2c3[nH]c4ccc(Cl)cc4c3CCN2C(=O)Oc2ccc(Cl)cc2)cc1.COCCOCCOc1ccc(C2c3[nH]c4ccc(Cl)cc4c3CCN2C(=O)Oc2ccccc2Cl)cc1. The van der Waals surface area contributed by atoms with Gasteiger partial charge in [0.05, 0.1) is 64.5 Å². The summed E-state index contributed by atoms with van der Waals surface area (Å²) < 4.78 is 66.0. The van der Waals surface area contributed by atoms with Crippen molar-refractivity contribution in [2.75, 3.05) is 120 Å². The second-order valence-corrected chi connectivity index (χ2v) is 29.2. The molecule has 0 radical (unpaired) electrons. The number of aryl methyl sites for hydroxylation is 1. The van der Waals surface area contributed by atoms with Crippen molar-refractivity contribution in [3.8, 4) is 34.5 Å². The summed E-state index contributed by atoms with van der Waals surface area (Å²) in [7, 11) is 4.92. The number of H-pyrrole nitrogens is 3. The molecular formula is C88H87Cl5N6O15. The Morgan fingerprint density at radius 1 is 0.351 bits per heavy atom. The smallest absolute Gasteiger partial charge is 0.416 e. The van der Waals surface area contributed by atoms with Crippen LogP contribution in [0.4, 0.5) is 14.4 Å². The molecule has 3 unspecified atom stereocenters. The van der Waals surface area contributed by atoms with E-state index in [4.69, 9.17) is 115 Å². The van der Waals surface area contributed by atoms with E-state index >= 15 is 0 Å². The highest BCUT2D eigenvalue weighted by Gasteiger charge is 2.39. The van der Waals surface area contributed by atoms with Gasteiger partial charge < -0.3 is 71.8 Å². The molecule has 0 aliphatic carbocycles. The minimum Gasteiger partial charge on any atom is -0.491 e. The molecule has 12 aromatic rings. The van der Waals surface area contributed by atoms with Crippen molar-refractivity contribution in [2.24, 2.45) is 0 Å². The molecule has 0 bridgehead atoms. The molecule has 6 heterocycles. The summed E-state index contributed by atoms with van der Waals surface area (Å²) in [6, 6.07) is 60.8. The number of ether oxygens (including phenoxy) is 12. The summed E-state index contributed by atoms with van der Waals surface area (Å²) in [6.07, 6.45) is 0.724. The molecule has 26 heteroatoms. The van der Waals surface area contributed by atoms with Crippen LogP contribution in [0.2, 0.25) is 25.1 Å². The summed E-state index contributed by atoms with van der Waals surface area (Å²) in [5.41, 5.74) is 13.2. The molecule has 9 aromatic carbocycles. The van der Waals surface area contributed by atoms with Gasteiger partial charge in [0.25, 0.3) is 0 Å². The number of carbonyl (C=O) groups is 3. The topological polar surface area (TPSA) is 219 Å². The van der Waals surface area contributed by atoms with Crippen molar-refractivity contribution < 1.29 is 71.2 Å². The Morgan fingerprint density at radius 2 is 0.658 bits per heavy atom. The number of fused-ring (bicyclic) bond motifs is 9. The van der Waals surface area contributed by atoms with Crippen molar-refractivity contribution >= 4 is 109 Å². The Hall–Kier alpha value is -9.98. The average molecular weight is 1650 g/mol. The highest BCUT2D eigenvalue weighted by Crippen LogP contribution is 2.44. The molecule has 21 nitrogen and oxygen atoms in total. The van der Waals surface area contributed by atoms with Crippen LogP contribution in [-0.4, -0.2) is 168 Å². The van der Waals surface area contributed by atoms with E-state index < -0.39 is 24.3 Å². The number of rotatable bonds is 27. The third-order valence-electron chi connectivity index (χ3n) is 19.6. The van der Waals surface area contributed by atoms with Gasteiger partial charge in [-0.05, 0) is 199 Å². The molecule has 3 atom stereocenters. The number of hydrogen-bond donors (Lipinski definition) is 3. The summed E-state index contributed by atoms with van der Waals surface area (Å²) in [4.78, 5) is 56.2. The molecule has 0 saturated carbocycles. The zero-order chi connectivity index (χ0) is 79.5. The minimum absolute atomic E-state index is 0.323. The Kier molecular flexibility index (Phi) is 28.7.